The Morgan fingerprint density at radius 3 is 0.973 bits per heavy atom. The summed E-state index contributed by atoms with van der Waals surface area (Å²) >= 11 is 0. The van der Waals surface area contributed by atoms with Crippen LogP contribution in [0.25, 0.3) is 22.3 Å². The first-order chi connectivity index (χ1) is 35.2. The molecule has 0 heterocycles. The minimum absolute atomic E-state index is 0. The van der Waals surface area contributed by atoms with Crippen molar-refractivity contribution in [1.29, 1.82) is 0 Å². The number of benzene rings is 10. The van der Waals surface area contributed by atoms with Gasteiger partial charge in [-0.15, -0.1) is 0 Å². The molecule has 0 saturated heterocycles. The molecule has 0 spiro atoms. The van der Waals surface area contributed by atoms with E-state index < -0.39 is 22.0 Å². The van der Waals surface area contributed by atoms with Crippen molar-refractivity contribution in [2.45, 2.75) is 31.1 Å². The first kappa shape index (κ1) is 52.9. The van der Waals surface area contributed by atoms with Gasteiger partial charge in [-0.25, -0.2) is 0 Å². The molecule has 0 radical (unpaired) electrons. The third kappa shape index (κ3) is 9.43. The van der Waals surface area contributed by atoms with Gasteiger partial charge in [0, 0.05) is 18.6 Å². The van der Waals surface area contributed by atoms with E-state index in [0.717, 1.165) is 25.7 Å². The van der Waals surface area contributed by atoms with E-state index in [1.165, 1.54) is 86.8 Å². The molecular formula is C67H56Cl2O2Si2Zr. The molecule has 362 valence electrons. The Hall–Kier alpha value is -5.98. The Bertz CT molecular complexity index is 3150. The molecule has 0 aromatic heterocycles. The summed E-state index contributed by atoms with van der Waals surface area (Å²) in [4.78, 5) is 0. The second-order valence-corrected chi connectivity index (χ2v) is 26.0. The Morgan fingerprint density at radius 1 is 0.324 bits per heavy atom. The predicted molar refractivity (Wildman–Crippen MR) is 299 cm³/mol. The molecule has 0 N–H and O–H groups in total. The molecule has 2 aliphatic carbocycles. The maximum atomic E-state index is 8.35. The van der Waals surface area contributed by atoms with Crippen LogP contribution in [0.1, 0.15) is 46.2 Å². The van der Waals surface area contributed by atoms with Gasteiger partial charge in [-0.2, -0.15) is 0 Å². The molecule has 74 heavy (non-hydrogen) atoms. The van der Waals surface area contributed by atoms with Gasteiger partial charge < -0.3 is 33.7 Å². The predicted octanol–water partition coefficient (Wildman–Crippen LogP) is 5.27. The zero-order valence-corrected chi connectivity index (χ0v) is 47.2. The van der Waals surface area contributed by atoms with Crippen LogP contribution < -0.4 is 55.9 Å². The molecule has 7 heteroatoms. The van der Waals surface area contributed by atoms with Crippen molar-refractivity contribution in [2.24, 2.45) is 0 Å². The Kier molecular flexibility index (Phi) is 16.6. The monoisotopic (exact) mass is 1110 g/mol. The molecule has 0 amide bonds. The van der Waals surface area contributed by atoms with Gasteiger partial charge in [0.05, 0.1) is 0 Å². The first-order valence-corrected chi connectivity index (χ1v) is 29.0. The molecule has 0 aliphatic heterocycles. The van der Waals surface area contributed by atoms with Crippen molar-refractivity contribution >= 4 is 47.8 Å². The van der Waals surface area contributed by atoms with Crippen LogP contribution in [0.2, 0.25) is 0 Å². The van der Waals surface area contributed by atoms with E-state index in [-0.39, 0.29) is 51.0 Å². The van der Waals surface area contributed by atoms with Crippen molar-refractivity contribution < 1.29 is 59.9 Å². The standard InChI is InChI=1S/C67H56O2Si2.2ClH.Zr/c1-7-28-53(29-8-1)70(54-30-9-2-10-31-54,55-32-11-3-12-33-55)68-47-25-46-67(65-44-23-42-61-59-40-21-19-26-51(59)48-63(61)65,66-45-24-43-62-60-41-22-20-27-52(60)49-64(62)66)50-69-71(56-34-13-4-14-35-56,57-36-15-5-16-37-57)58-38-17-6-18-39-58;;;/h1-24,26-45H,25,46-50H2;2*1H;/q;;;+2/p-2. The van der Waals surface area contributed by atoms with Crippen LogP contribution in [-0.2, 0) is 53.3 Å². The zero-order chi connectivity index (χ0) is 47.5. The number of hydrogen-bond donors (Lipinski definition) is 0. The molecule has 0 bridgehead atoms. The fourth-order valence-corrected chi connectivity index (χ4v) is 20.1. The van der Waals surface area contributed by atoms with Gasteiger partial charge in [-0.05, 0) is 112 Å². The molecule has 0 unspecified atom stereocenters. The zero-order valence-electron chi connectivity index (χ0n) is 41.2. The van der Waals surface area contributed by atoms with Gasteiger partial charge in [-0.1, -0.05) is 267 Å². The van der Waals surface area contributed by atoms with E-state index in [1.54, 1.807) is 0 Å². The largest absolute Gasteiger partial charge is 2.00 e. The van der Waals surface area contributed by atoms with Crippen LogP contribution in [0, 0.1) is 0 Å². The molecule has 10 aromatic carbocycles. The molecule has 0 atom stereocenters. The van der Waals surface area contributed by atoms with E-state index in [1.807, 2.05) is 0 Å². The summed E-state index contributed by atoms with van der Waals surface area (Å²) in [7, 11) is -6.22. The van der Waals surface area contributed by atoms with Gasteiger partial charge in [0.25, 0.3) is 16.6 Å². The van der Waals surface area contributed by atoms with Crippen molar-refractivity contribution in [3.05, 3.63) is 300 Å². The average molecular weight is 1110 g/mol. The van der Waals surface area contributed by atoms with Crippen molar-refractivity contribution in [3.8, 4) is 22.3 Å². The summed E-state index contributed by atoms with van der Waals surface area (Å²) in [6.45, 7) is 1.03. The summed E-state index contributed by atoms with van der Waals surface area (Å²) in [5, 5.41) is 7.43. The third-order valence-corrected chi connectivity index (χ3v) is 23.5. The summed E-state index contributed by atoms with van der Waals surface area (Å²) in [5.41, 5.74) is 13.0. The minimum atomic E-state index is -3.21. The molecule has 12 rings (SSSR count). The second-order valence-electron chi connectivity index (χ2n) is 19.2. The third-order valence-electron chi connectivity index (χ3n) is 15.4. The minimum Gasteiger partial charge on any atom is -1.00 e. The fourth-order valence-electron chi connectivity index (χ4n) is 12.2. The molecule has 10 aromatic rings. The van der Waals surface area contributed by atoms with E-state index in [4.69, 9.17) is 8.85 Å². The fraction of sp³-hybridized carbons (Fsp3) is 0.104. The quantitative estimate of drug-likeness (QED) is 0.0748. The van der Waals surface area contributed by atoms with Crippen LogP contribution >= 0.6 is 0 Å². The number of rotatable bonds is 16. The normalized spacial score (nSPS) is 12.2. The summed E-state index contributed by atoms with van der Waals surface area (Å²) in [6.07, 6.45) is 3.35. The number of fused-ring (bicyclic) bond motifs is 6. The SMILES string of the molecule is [Cl-].[Cl-].[Zr+2].c1ccc([Si](OCCCC(CO[Si](c2ccccc2)(c2ccccc2)c2ccccc2)(c2cccc3c2Cc2ccccc2-3)c2cccc3c2Cc2ccccc2-3)(c2ccccc2)c2ccccc2)cc1. The van der Waals surface area contributed by atoms with Crippen LogP contribution in [0.4, 0.5) is 0 Å². The molecular weight excluding hydrogens is 1060 g/mol. The number of halogens is 2. The van der Waals surface area contributed by atoms with Gasteiger partial charge in [0.2, 0.25) is 0 Å². The van der Waals surface area contributed by atoms with E-state index >= 15 is 0 Å². The maximum Gasteiger partial charge on any atom is 2.00 e. The van der Waals surface area contributed by atoms with Crippen LogP contribution in [0.5, 0.6) is 0 Å². The Morgan fingerprint density at radius 2 is 0.622 bits per heavy atom. The molecule has 2 nitrogen and oxygen atoms in total. The van der Waals surface area contributed by atoms with Gasteiger partial charge in [0.1, 0.15) is 0 Å². The number of hydrogen-bond acceptors (Lipinski definition) is 2. The molecule has 0 saturated carbocycles. The summed E-state index contributed by atoms with van der Waals surface area (Å²) in [6, 6.07) is 98.6. The van der Waals surface area contributed by atoms with Crippen LogP contribution in [0.15, 0.2) is 267 Å². The Balaban J connectivity index is 0.00000224. The van der Waals surface area contributed by atoms with Gasteiger partial charge in [0.15, 0.2) is 0 Å². The van der Waals surface area contributed by atoms with Crippen molar-refractivity contribution in [1.82, 2.24) is 0 Å². The molecule has 0 fully saturated rings. The maximum absolute atomic E-state index is 8.35. The van der Waals surface area contributed by atoms with Crippen molar-refractivity contribution in [3.63, 3.8) is 0 Å². The van der Waals surface area contributed by atoms with Crippen LogP contribution in [0.3, 0.4) is 0 Å². The topological polar surface area (TPSA) is 18.5 Å². The van der Waals surface area contributed by atoms with E-state index in [9.17, 15) is 0 Å². The van der Waals surface area contributed by atoms with Gasteiger partial charge >= 0.3 is 26.2 Å². The average Bonchev–Trinajstić information content (AvgIpc) is 4.05. The summed E-state index contributed by atoms with van der Waals surface area (Å²) < 4.78 is 16.2. The summed E-state index contributed by atoms with van der Waals surface area (Å²) in [5.74, 6) is 0. The van der Waals surface area contributed by atoms with E-state index in [2.05, 4.69) is 267 Å². The van der Waals surface area contributed by atoms with E-state index in [0.29, 0.717) is 13.2 Å². The Labute approximate surface area is 470 Å². The molecule has 2 aliphatic rings. The first-order valence-electron chi connectivity index (χ1n) is 25.2. The van der Waals surface area contributed by atoms with Crippen molar-refractivity contribution in [2.75, 3.05) is 13.2 Å². The second kappa shape index (κ2) is 23.3. The van der Waals surface area contributed by atoms with Gasteiger partial charge in [-0.3, -0.25) is 0 Å². The smallest absolute Gasteiger partial charge is 1.00 e. The van der Waals surface area contributed by atoms with Crippen LogP contribution in [-0.4, -0.2) is 29.8 Å².